The van der Waals surface area contributed by atoms with Gasteiger partial charge in [-0.25, -0.2) is 4.98 Å². The van der Waals surface area contributed by atoms with Crippen molar-refractivity contribution in [1.82, 2.24) is 4.98 Å². The second-order valence-electron chi connectivity index (χ2n) is 6.43. The summed E-state index contributed by atoms with van der Waals surface area (Å²) in [4.78, 5) is 4.91. The van der Waals surface area contributed by atoms with Gasteiger partial charge in [-0.05, 0) is 49.7 Å². The Hall–Kier alpha value is -0.670. The van der Waals surface area contributed by atoms with E-state index in [1.807, 2.05) is 11.3 Å². The molecule has 0 radical (unpaired) electrons. The van der Waals surface area contributed by atoms with Gasteiger partial charge in [-0.2, -0.15) is 0 Å². The van der Waals surface area contributed by atoms with Crippen molar-refractivity contribution in [3.8, 4) is 11.3 Å². The number of aromatic nitrogens is 1. The van der Waals surface area contributed by atoms with Gasteiger partial charge in [0.25, 0.3) is 0 Å². The normalized spacial score (nSPS) is 22.7. The monoisotopic (exact) mass is 363 g/mol. The van der Waals surface area contributed by atoms with Crippen LogP contribution in [-0.2, 0) is 0 Å². The second kappa shape index (κ2) is 6.62. The molecule has 1 aromatic heterocycles. The fraction of sp³-hybridized carbons (Fsp3) is 0.500. The van der Waals surface area contributed by atoms with Crippen LogP contribution >= 0.6 is 27.3 Å². The van der Waals surface area contributed by atoms with Crippen molar-refractivity contribution in [3.05, 3.63) is 39.1 Å². The van der Waals surface area contributed by atoms with E-state index in [0.29, 0.717) is 5.92 Å². The van der Waals surface area contributed by atoms with Crippen molar-refractivity contribution in [2.24, 2.45) is 11.8 Å². The SMILES string of the molecule is CC(C)C1CCC(c2nc(-c3ccc(Br)cc3)cs2)CC1. The minimum Gasteiger partial charge on any atom is -0.241 e. The third kappa shape index (κ3) is 3.57. The number of halogens is 1. The summed E-state index contributed by atoms with van der Waals surface area (Å²) in [6.45, 7) is 4.72. The number of hydrogen-bond donors (Lipinski definition) is 0. The Morgan fingerprint density at radius 1 is 1.10 bits per heavy atom. The lowest BCUT2D eigenvalue weighted by Crippen LogP contribution is -2.17. The molecule has 0 saturated heterocycles. The molecule has 0 N–H and O–H groups in total. The van der Waals surface area contributed by atoms with Crippen LogP contribution in [0.2, 0.25) is 0 Å². The van der Waals surface area contributed by atoms with E-state index in [-0.39, 0.29) is 0 Å². The van der Waals surface area contributed by atoms with Crippen molar-refractivity contribution in [2.75, 3.05) is 0 Å². The van der Waals surface area contributed by atoms with Gasteiger partial charge in [0.1, 0.15) is 0 Å². The molecule has 1 aliphatic rings. The topological polar surface area (TPSA) is 12.9 Å². The van der Waals surface area contributed by atoms with Crippen LogP contribution in [0.5, 0.6) is 0 Å². The molecule has 0 unspecified atom stereocenters. The fourth-order valence-corrected chi connectivity index (χ4v) is 4.53. The Kier molecular flexibility index (Phi) is 4.80. The lowest BCUT2D eigenvalue weighted by atomic mass is 9.77. The summed E-state index contributed by atoms with van der Waals surface area (Å²) >= 11 is 5.33. The average molecular weight is 364 g/mol. The van der Waals surface area contributed by atoms with Crippen molar-refractivity contribution < 1.29 is 0 Å². The zero-order valence-corrected chi connectivity index (χ0v) is 15.1. The highest BCUT2D eigenvalue weighted by Gasteiger charge is 2.26. The number of thiazole rings is 1. The maximum absolute atomic E-state index is 4.91. The smallest absolute Gasteiger partial charge is 0.0963 e. The van der Waals surface area contributed by atoms with Gasteiger partial charge >= 0.3 is 0 Å². The molecule has 112 valence electrons. The lowest BCUT2D eigenvalue weighted by molar-refractivity contribution is 0.258. The van der Waals surface area contributed by atoms with Crippen molar-refractivity contribution in [3.63, 3.8) is 0 Å². The van der Waals surface area contributed by atoms with E-state index >= 15 is 0 Å². The van der Waals surface area contributed by atoms with Gasteiger partial charge in [-0.15, -0.1) is 11.3 Å². The number of nitrogens with zero attached hydrogens (tertiary/aromatic N) is 1. The first-order valence-corrected chi connectivity index (χ1v) is 9.52. The van der Waals surface area contributed by atoms with E-state index in [4.69, 9.17) is 4.98 Å². The Labute approximate surface area is 139 Å². The van der Waals surface area contributed by atoms with Crippen LogP contribution in [0.4, 0.5) is 0 Å². The third-order valence-electron chi connectivity index (χ3n) is 4.73. The molecule has 0 bridgehead atoms. The van der Waals surface area contributed by atoms with E-state index < -0.39 is 0 Å². The Morgan fingerprint density at radius 3 is 2.38 bits per heavy atom. The first kappa shape index (κ1) is 15.2. The zero-order valence-electron chi connectivity index (χ0n) is 12.7. The highest BCUT2D eigenvalue weighted by molar-refractivity contribution is 9.10. The van der Waals surface area contributed by atoms with Gasteiger partial charge in [0.2, 0.25) is 0 Å². The molecule has 0 atom stereocenters. The molecule has 0 aliphatic heterocycles. The highest BCUT2D eigenvalue weighted by Crippen LogP contribution is 2.40. The summed E-state index contributed by atoms with van der Waals surface area (Å²) in [6.07, 6.45) is 5.37. The molecule has 0 spiro atoms. The minimum atomic E-state index is 0.689. The molecule has 1 nitrogen and oxygen atoms in total. The van der Waals surface area contributed by atoms with Gasteiger partial charge in [-0.3, -0.25) is 0 Å². The van der Waals surface area contributed by atoms with Crippen LogP contribution in [0.1, 0.15) is 50.5 Å². The molecule has 1 heterocycles. The van der Waals surface area contributed by atoms with Crippen LogP contribution < -0.4 is 0 Å². The maximum atomic E-state index is 4.91. The molecule has 3 heteroatoms. The summed E-state index contributed by atoms with van der Waals surface area (Å²) < 4.78 is 1.12. The summed E-state index contributed by atoms with van der Waals surface area (Å²) in [6, 6.07) is 8.45. The van der Waals surface area contributed by atoms with Gasteiger partial charge in [0, 0.05) is 21.3 Å². The van der Waals surface area contributed by atoms with Crippen LogP contribution in [-0.4, -0.2) is 4.98 Å². The van der Waals surface area contributed by atoms with Crippen LogP contribution in [0.3, 0.4) is 0 Å². The van der Waals surface area contributed by atoms with Crippen molar-refractivity contribution in [1.29, 1.82) is 0 Å². The van der Waals surface area contributed by atoms with Crippen LogP contribution in [0.25, 0.3) is 11.3 Å². The second-order valence-corrected chi connectivity index (χ2v) is 8.24. The third-order valence-corrected chi connectivity index (χ3v) is 6.26. The molecule has 21 heavy (non-hydrogen) atoms. The predicted molar refractivity (Wildman–Crippen MR) is 94.8 cm³/mol. The predicted octanol–water partition coefficient (Wildman–Crippen LogP) is 6.50. The van der Waals surface area contributed by atoms with Crippen molar-refractivity contribution >= 4 is 27.3 Å². The maximum Gasteiger partial charge on any atom is 0.0963 e. The summed E-state index contributed by atoms with van der Waals surface area (Å²) in [7, 11) is 0. The molecule has 1 saturated carbocycles. The molecule has 0 amide bonds. The average Bonchev–Trinajstić information content (AvgIpc) is 2.98. The van der Waals surface area contributed by atoms with E-state index in [1.54, 1.807) is 0 Å². The molecular formula is C18H22BrNS. The number of hydrogen-bond acceptors (Lipinski definition) is 2. The minimum absolute atomic E-state index is 0.689. The molecule has 1 aliphatic carbocycles. The van der Waals surface area contributed by atoms with Crippen LogP contribution in [0.15, 0.2) is 34.1 Å². The summed E-state index contributed by atoms with van der Waals surface area (Å²) in [5, 5.41) is 3.56. The number of rotatable bonds is 3. The molecule has 1 aromatic carbocycles. The first-order chi connectivity index (χ1) is 10.1. The fourth-order valence-electron chi connectivity index (χ4n) is 3.26. The quantitative estimate of drug-likeness (QED) is 0.606. The Bertz CT molecular complexity index is 580. The first-order valence-electron chi connectivity index (χ1n) is 7.85. The molecular weight excluding hydrogens is 342 g/mol. The van der Waals surface area contributed by atoms with E-state index in [1.165, 1.54) is 36.3 Å². The Morgan fingerprint density at radius 2 is 1.76 bits per heavy atom. The van der Waals surface area contributed by atoms with Gasteiger partial charge in [0.15, 0.2) is 0 Å². The van der Waals surface area contributed by atoms with Crippen LogP contribution in [0, 0.1) is 11.8 Å². The molecule has 2 aromatic rings. The van der Waals surface area contributed by atoms with E-state index in [9.17, 15) is 0 Å². The van der Waals surface area contributed by atoms with E-state index in [0.717, 1.165) is 22.0 Å². The standard InChI is InChI=1S/C18H22BrNS/c1-12(2)13-3-5-15(6-4-13)18-20-17(11-21-18)14-7-9-16(19)10-8-14/h7-13,15H,3-6H2,1-2H3. The van der Waals surface area contributed by atoms with Crippen molar-refractivity contribution in [2.45, 2.75) is 45.4 Å². The van der Waals surface area contributed by atoms with E-state index in [2.05, 4.69) is 59.4 Å². The van der Waals surface area contributed by atoms with Gasteiger partial charge in [-0.1, -0.05) is 41.9 Å². The van der Waals surface area contributed by atoms with Gasteiger partial charge < -0.3 is 0 Å². The Balaban J connectivity index is 1.70. The summed E-state index contributed by atoms with van der Waals surface area (Å²) in [5.41, 5.74) is 2.35. The lowest BCUT2D eigenvalue weighted by Gasteiger charge is -2.29. The molecule has 3 rings (SSSR count). The largest absolute Gasteiger partial charge is 0.241 e. The molecule has 1 fully saturated rings. The van der Waals surface area contributed by atoms with Gasteiger partial charge in [0.05, 0.1) is 10.7 Å². The highest BCUT2D eigenvalue weighted by atomic mass is 79.9. The summed E-state index contributed by atoms with van der Waals surface area (Å²) in [5.74, 6) is 2.45. The number of benzene rings is 1. The zero-order chi connectivity index (χ0) is 14.8.